The summed E-state index contributed by atoms with van der Waals surface area (Å²) in [7, 11) is 0. The van der Waals surface area contributed by atoms with Gasteiger partial charge >= 0.3 is 0 Å². The van der Waals surface area contributed by atoms with E-state index in [0.717, 1.165) is 38.0 Å². The smallest absolute Gasteiger partial charge is 0.256 e. The Morgan fingerprint density at radius 2 is 1.81 bits per heavy atom. The van der Waals surface area contributed by atoms with Gasteiger partial charge in [0, 0.05) is 28.0 Å². The second-order valence-corrected chi connectivity index (χ2v) is 7.10. The van der Waals surface area contributed by atoms with Crippen LogP contribution in [0.3, 0.4) is 0 Å². The third-order valence-electron chi connectivity index (χ3n) is 4.37. The van der Waals surface area contributed by atoms with Gasteiger partial charge in [0.15, 0.2) is 5.82 Å². The Morgan fingerprint density at radius 3 is 2.70 bits per heavy atom. The molecule has 2 aromatic carbocycles. The predicted molar refractivity (Wildman–Crippen MR) is 106 cm³/mol. The van der Waals surface area contributed by atoms with E-state index in [2.05, 4.69) is 54.3 Å². The number of aromatic nitrogens is 6. The molecule has 0 atom stereocenters. The molecule has 0 amide bonds. The third-order valence-corrected chi connectivity index (χ3v) is 4.90. The molecular formula is C20H13BrN6. The molecule has 0 aliphatic heterocycles. The maximum absolute atomic E-state index is 4.70. The number of hydrogen-bond donors (Lipinski definition) is 0. The number of pyridine rings is 1. The van der Waals surface area contributed by atoms with Crippen LogP contribution in [0.4, 0.5) is 0 Å². The lowest BCUT2D eigenvalue weighted by molar-refractivity contribution is 0.830. The van der Waals surface area contributed by atoms with Gasteiger partial charge in [0.2, 0.25) is 0 Å². The molecule has 0 bridgehead atoms. The van der Waals surface area contributed by atoms with E-state index < -0.39 is 0 Å². The molecule has 0 spiro atoms. The summed E-state index contributed by atoms with van der Waals surface area (Å²) in [5.41, 5.74) is 3.87. The van der Waals surface area contributed by atoms with Crippen molar-refractivity contribution in [3.8, 4) is 11.3 Å². The first-order valence-electron chi connectivity index (χ1n) is 8.43. The summed E-state index contributed by atoms with van der Waals surface area (Å²) in [5, 5.41) is 14.2. The normalized spacial score (nSPS) is 11.3. The second kappa shape index (κ2) is 6.51. The quantitative estimate of drug-likeness (QED) is 0.442. The average molecular weight is 417 g/mol. The first-order valence-corrected chi connectivity index (χ1v) is 9.22. The van der Waals surface area contributed by atoms with E-state index in [9.17, 15) is 0 Å². The van der Waals surface area contributed by atoms with Gasteiger partial charge in [0.05, 0.1) is 11.7 Å². The minimum atomic E-state index is 0.494. The fourth-order valence-corrected chi connectivity index (χ4v) is 3.28. The number of halogens is 1. The van der Waals surface area contributed by atoms with Gasteiger partial charge in [0.25, 0.3) is 5.78 Å². The molecule has 7 heteroatoms. The Kier molecular flexibility index (Phi) is 3.86. The van der Waals surface area contributed by atoms with Gasteiger partial charge in [-0.3, -0.25) is 4.98 Å². The Morgan fingerprint density at radius 1 is 0.926 bits per heavy atom. The first kappa shape index (κ1) is 16.0. The standard InChI is InChI=1S/C20H13BrN6/c21-16-6-4-14(5-7-16)18-12-23-20-25-24-19(27(20)26-18)11-13-3-8-17-15(10-13)2-1-9-22-17/h1-10,12H,11H2. The van der Waals surface area contributed by atoms with Crippen molar-refractivity contribution in [3.05, 3.63) is 82.9 Å². The van der Waals surface area contributed by atoms with E-state index in [1.54, 1.807) is 16.9 Å². The van der Waals surface area contributed by atoms with Crippen molar-refractivity contribution in [3.63, 3.8) is 0 Å². The fourth-order valence-electron chi connectivity index (χ4n) is 3.02. The van der Waals surface area contributed by atoms with Crippen LogP contribution in [0.1, 0.15) is 11.4 Å². The van der Waals surface area contributed by atoms with Gasteiger partial charge < -0.3 is 0 Å². The van der Waals surface area contributed by atoms with E-state index in [1.807, 2.05) is 36.4 Å². The molecule has 0 N–H and O–H groups in total. The summed E-state index contributed by atoms with van der Waals surface area (Å²) < 4.78 is 2.74. The number of rotatable bonds is 3. The summed E-state index contributed by atoms with van der Waals surface area (Å²) in [4.78, 5) is 8.76. The van der Waals surface area contributed by atoms with Crippen molar-refractivity contribution in [1.29, 1.82) is 0 Å². The molecular weight excluding hydrogens is 404 g/mol. The number of fused-ring (bicyclic) bond motifs is 2. The highest BCUT2D eigenvalue weighted by molar-refractivity contribution is 9.10. The molecule has 0 aliphatic rings. The van der Waals surface area contributed by atoms with Crippen LogP contribution in [0.5, 0.6) is 0 Å². The lowest BCUT2D eigenvalue weighted by atomic mass is 10.1. The van der Waals surface area contributed by atoms with Crippen LogP contribution in [-0.4, -0.2) is 29.8 Å². The first-order chi connectivity index (χ1) is 13.3. The summed E-state index contributed by atoms with van der Waals surface area (Å²) >= 11 is 3.45. The summed E-state index contributed by atoms with van der Waals surface area (Å²) in [6, 6.07) is 18.2. The summed E-state index contributed by atoms with van der Waals surface area (Å²) in [5.74, 6) is 1.24. The molecule has 27 heavy (non-hydrogen) atoms. The molecule has 5 aromatic rings. The van der Waals surface area contributed by atoms with Crippen LogP contribution in [0.2, 0.25) is 0 Å². The van der Waals surface area contributed by atoms with Gasteiger partial charge in [-0.15, -0.1) is 10.2 Å². The van der Waals surface area contributed by atoms with Crippen molar-refractivity contribution in [2.45, 2.75) is 6.42 Å². The Labute approximate surface area is 163 Å². The van der Waals surface area contributed by atoms with Crippen LogP contribution in [0.25, 0.3) is 27.9 Å². The minimum Gasteiger partial charge on any atom is -0.256 e. The largest absolute Gasteiger partial charge is 0.271 e. The van der Waals surface area contributed by atoms with E-state index in [4.69, 9.17) is 5.10 Å². The fraction of sp³-hybridized carbons (Fsp3) is 0.0500. The van der Waals surface area contributed by atoms with Crippen LogP contribution >= 0.6 is 15.9 Å². The maximum Gasteiger partial charge on any atom is 0.271 e. The zero-order chi connectivity index (χ0) is 18.2. The zero-order valence-corrected chi connectivity index (χ0v) is 15.7. The van der Waals surface area contributed by atoms with Crippen molar-refractivity contribution in [2.24, 2.45) is 0 Å². The molecule has 130 valence electrons. The van der Waals surface area contributed by atoms with Gasteiger partial charge in [0.1, 0.15) is 5.69 Å². The molecule has 0 fully saturated rings. The van der Waals surface area contributed by atoms with Gasteiger partial charge in [-0.2, -0.15) is 9.61 Å². The molecule has 0 aliphatic carbocycles. The van der Waals surface area contributed by atoms with Gasteiger partial charge in [-0.05, 0) is 35.9 Å². The second-order valence-electron chi connectivity index (χ2n) is 6.19. The average Bonchev–Trinajstić information content (AvgIpc) is 3.10. The molecule has 0 saturated carbocycles. The zero-order valence-electron chi connectivity index (χ0n) is 14.1. The minimum absolute atomic E-state index is 0.494. The van der Waals surface area contributed by atoms with Crippen LogP contribution in [0.15, 0.2) is 71.5 Å². The summed E-state index contributed by atoms with van der Waals surface area (Å²) in [6.45, 7) is 0. The Bertz CT molecular complexity index is 1260. The molecule has 0 radical (unpaired) electrons. The molecule has 3 aromatic heterocycles. The highest BCUT2D eigenvalue weighted by Gasteiger charge is 2.11. The third kappa shape index (κ3) is 3.06. The number of benzene rings is 2. The van der Waals surface area contributed by atoms with Crippen LogP contribution < -0.4 is 0 Å². The van der Waals surface area contributed by atoms with Gasteiger partial charge in [-0.25, -0.2) is 4.98 Å². The Hall–Kier alpha value is -3.19. The Balaban J connectivity index is 1.54. The predicted octanol–water partition coefficient (Wildman–Crippen LogP) is 4.09. The molecule has 3 heterocycles. The van der Waals surface area contributed by atoms with E-state index in [0.29, 0.717) is 12.2 Å². The van der Waals surface area contributed by atoms with E-state index >= 15 is 0 Å². The lowest BCUT2D eigenvalue weighted by Gasteiger charge is -2.04. The topological polar surface area (TPSA) is 68.9 Å². The monoisotopic (exact) mass is 416 g/mol. The van der Waals surface area contributed by atoms with Crippen molar-refractivity contribution >= 4 is 32.6 Å². The van der Waals surface area contributed by atoms with E-state index in [1.165, 1.54) is 0 Å². The van der Waals surface area contributed by atoms with E-state index in [-0.39, 0.29) is 0 Å². The molecule has 6 nitrogen and oxygen atoms in total. The number of nitrogens with zero attached hydrogens (tertiary/aromatic N) is 6. The molecule has 0 unspecified atom stereocenters. The number of hydrogen-bond acceptors (Lipinski definition) is 5. The molecule has 5 rings (SSSR count). The van der Waals surface area contributed by atoms with Crippen molar-refractivity contribution in [1.82, 2.24) is 29.8 Å². The highest BCUT2D eigenvalue weighted by Crippen LogP contribution is 2.20. The van der Waals surface area contributed by atoms with Crippen LogP contribution in [0, 0.1) is 0 Å². The SMILES string of the molecule is Brc1ccc(-c2cnc3nnc(Cc4ccc5ncccc5c4)n3n2)cc1. The van der Waals surface area contributed by atoms with Crippen molar-refractivity contribution in [2.75, 3.05) is 0 Å². The lowest BCUT2D eigenvalue weighted by Crippen LogP contribution is -2.03. The molecule has 0 saturated heterocycles. The maximum atomic E-state index is 4.70. The summed E-state index contributed by atoms with van der Waals surface area (Å²) in [6.07, 6.45) is 4.14. The van der Waals surface area contributed by atoms with Gasteiger partial charge in [-0.1, -0.05) is 40.2 Å². The highest BCUT2D eigenvalue weighted by atomic mass is 79.9. The van der Waals surface area contributed by atoms with Crippen LogP contribution in [-0.2, 0) is 6.42 Å². The van der Waals surface area contributed by atoms with Crippen molar-refractivity contribution < 1.29 is 0 Å².